The van der Waals surface area contributed by atoms with E-state index in [1.165, 1.54) is 18.3 Å². The van der Waals surface area contributed by atoms with Crippen molar-refractivity contribution in [1.82, 2.24) is 4.98 Å². The number of nitro groups is 1. The van der Waals surface area contributed by atoms with Crippen molar-refractivity contribution < 1.29 is 10.0 Å². The van der Waals surface area contributed by atoms with Crippen LogP contribution in [0, 0.1) is 10.1 Å². The number of aromatic nitrogens is 1. The Morgan fingerprint density at radius 2 is 2.16 bits per heavy atom. The summed E-state index contributed by atoms with van der Waals surface area (Å²) in [6, 6.07) is 7.53. The maximum absolute atomic E-state index is 10.9. The van der Waals surface area contributed by atoms with Crippen LogP contribution in [0.25, 0.3) is 0 Å². The first kappa shape index (κ1) is 13.1. The van der Waals surface area contributed by atoms with Gasteiger partial charge in [0.25, 0.3) is 5.69 Å². The fourth-order valence-corrected chi connectivity index (χ4v) is 1.68. The van der Waals surface area contributed by atoms with Gasteiger partial charge in [0.15, 0.2) is 0 Å². The Morgan fingerprint density at radius 3 is 2.79 bits per heavy atom. The molecular weight excluding hydrogens is 270 g/mol. The lowest BCUT2D eigenvalue weighted by molar-refractivity contribution is -0.383. The molecule has 0 amide bonds. The summed E-state index contributed by atoms with van der Waals surface area (Å²) in [7, 11) is 0. The number of hydrogen-bond acceptors (Lipinski definition) is 5. The van der Waals surface area contributed by atoms with Gasteiger partial charge < -0.3 is 10.4 Å². The molecule has 2 rings (SSSR count). The molecule has 6 nitrogen and oxygen atoms in total. The maximum Gasteiger partial charge on any atom is 0.293 e. The Balaban J connectivity index is 2.15. The Hall–Kier alpha value is -2.34. The van der Waals surface area contributed by atoms with Crippen LogP contribution in [-0.4, -0.2) is 15.0 Å². The van der Waals surface area contributed by atoms with Crippen molar-refractivity contribution in [2.45, 2.75) is 6.54 Å². The van der Waals surface area contributed by atoms with Crippen molar-refractivity contribution in [3.05, 3.63) is 57.4 Å². The average Bonchev–Trinajstić information content (AvgIpc) is 2.39. The Labute approximate surface area is 113 Å². The molecule has 1 aromatic carbocycles. The molecule has 2 aromatic rings. The number of pyridine rings is 1. The average molecular weight is 280 g/mol. The van der Waals surface area contributed by atoms with E-state index >= 15 is 0 Å². The summed E-state index contributed by atoms with van der Waals surface area (Å²) in [4.78, 5) is 14.4. The minimum Gasteiger partial charge on any atom is -0.506 e. The molecule has 2 N–H and O–H groups in total. The predicted molar refractivity (Wildman–Crippen MR) is 71.3 cm³/mol. The van der Waals surface area contributed by atoms with Crippen molar-refractivity contribution in [2.75, 3.05) is 5.32 Å². The molecule has 0 bridgehead atoms. The van der Waals surface area contributed by atoms with Crippen LogP contribution in [0.15, 0.2) is 36.5 Å². The first-order chi connectivity index (χ1) is 9.06. The maximum atomic E-state index is 10.9. The number of hydrogen-bond donors (Lipinski definition) is 2. The van der Waals surface area contributed by atoms with Crippen molar-refractivity contribution in [3.8, 4) is 5.75 Å². The molecule has 0 aliphatic heterocycles. The molecule has 0 radical (unpaired) electrons. The van der Waals surface area contributed by atoms with Crippen molar-refractivity contribution in [1.29, 1.82) is 0 Å². The third-order valence-corrected chi connectivity index (χ3v) is 2.66. The highest BCUT2D eigenvalue weighted by Crippen LogP contribution is 2.28. The fraction of sp³-hybridized carbons (Fsp3) is 0.0833. The number of anilines is 1. The van der Waals surface area contributed by atoms with Crippen LogP contribution in [0.2, 0.25) is 5.02 Å². The molecule has 1 heterocycles. The first-order valence-electron chi connectivity index (χ1n) is 5.38. The minimum absolute atomic E-state index is 0.0706. The summed E-state index contributed by atoms with van der Waals surface area (Å²) in [5.74, 6) is 0.0706. The molecule has 0 unspecified atom stereocenters. The van der Waals surface area contributed by atoms with E-state index < -0.39 is 4.92 Å². The quantitative estimate of drug-likeness (QED) is 0.663. The Morgan fingerprint density at radius 1 is 1.37 bits per heavy atom. The topological polar surface area (TPSA) is 88.3 Å². The number of halogens is 1. The van der Waals surface area contributed by atoms with Gasteiger partial charge in [0, 0.05) is 11.1 Å². The summed E-state index contributed by atoms with van der Waals surface area (Å²) < 4.78 is 0. The van der Waals surface area contributed by atoms with E-state index in [2.05, 4.69) is 10.3 Å². The van der Waals surface area contributed by atoms with Gasteiger partial charge in [-0.05, 0) is 24.3 Å². The lowest BCUT2D eigenvalue weighted by atomic mass is 10.2. The third-order valence-electron chi connectivity index (χ3n) is 2.43. The van der Waals surface area contributed by atoms with Crippen LogP contribution < -0.4 is 5.32 Å². The second kappa shape index (κ2) is 5.53. The Bertz CT molecular complexity index is 602. The molecular formula is C12H10ClN3O3. The van der Waals surface area contributed by atoms with E-state index in [0.29, 0.717) is 22.9 Å². The van der Waals surface area contributed by atoms with E-state index in [4.69, 9.17) is 16.7 Å². The number of nitrogens with one attached hydrogen (secondary N) is 1. The summed E-state index contributed by atoms with van der Waals surface area (Å²) in [6.07, 6.45) is 1.31. The van der Waals surface area contributed by atoms with Gasteiger partial charge in [0.2, 0.25) is 0 Å². The largest absolute Gasteiger partial charge is 0.506 e. The number of nitrogens with zero attached hydrogens (tertiary/aromatic N) is 2. The second-order valence-corrected chi connectivity index (χ2v) is 4.22. The first-order valence-corrected chi connectivity index (χ1v) is 5.76. The molecule has 0 atom stereocenters. The van der Waals surface area contributed by atoms with Gasteiger partial charge in [-0.3, -0.25) is 15.1 Å². The monoisotopic (exact) mass is 279 g/mol. The molecule has 98 valence electrons. The molecule has 0 aliphatic carbocycles. The highest BCUT2D eigenvalue weighted by Gasteiger charge is 2.13. The van der Waals surface area contributed by atoms with Crippen LogP contribution >= 0.6 is 11.6 Å². The fourth-order valence-electron chi connectivity index (χ4n) is 1.51. The molecule has 7 heteroatoms. The third kappa shape index (κ3) is 3.32. The zero-order chi connectivity index (χ0) is 13.8. The van der Waals surface area contributed by atoms with Gasteiger partial charge in [-0.2, -0.15) is 0 Å². The van der Waals surface area contributed by atoms with Crippen LogP contribution in [-0.2, 0) is 6.54 Å². The number of benzene rings is 1. The van der Waals surface area contributed by atoms with E-state index in [0.717, 1.165) is 0 Å². The van der Waals surface area contributed by atoms with E-state index in [1.54, 1.807) is 18.2 Å². The van der Waals surface area contributed by atoms with E-state index in [1.807, 2.05) is 0 Å². The summed E-state index contributed by atoms with van der Waals surface area (Å²) in [5, 5.41) is 23.2. The summed E-state index contributed by atoms with van der Waals surface area (Å²) in [5.41, 5.74) is 0.928. The van der Waals surface area contributed by atoms with Gasteiger partial charge in [0.05, 0.1) is 23.4 Å². The lowest BCUT2D eigenvalue weighted by Crippen LogP contribution is -2.03. The van der Waals surface area contributed by atoms with Gasteiger partial charge in [-0.15, -0.1) is 0 Å². The lowest BCUT2D eigenvalue weighted by Gasteiger charge is -2.07. The number of rotatable bonds is 4. The Kier molecular flexibility index (Phi) is 3.82. The van der Waals surface area contributed by atoms with E-state index in [-0.39, 0.29) is 11.4 Å². The molecule has 0 saturated carbocycles. The van der Waals surface area contributed by atoms with Crippen molar-refractivity contribution in [3.63, 3.8) is 0 Å². The summed E-state index contributed by atoms with van der Waals surface area (Å²) in [6.45, 7) is 0.308. The van der Waals surface area contributed by atoms with Crippen LogP contribution in [0.3, 0.4) is 0 Å². The number of nitro benzene ring substituents is 1. The molecule has 0 fully saturated rings. The second-order valence-electron chi connectivity index (χ2n) is 3.78. The smallest absolute Gasteiger partial charge is 0.293 e. The van der Waals surface area contributed by atoms with Gasteiger partial charge in [0.1, 0.15) is 11.4 Å². The highest BCUT2D eigenvalue weighted by atomic mass is 35.5. The SMILES string of the molecule is O=[N+]([O-])c1cc(Cl)ccc1NCc1ccc(O)cn1. The minimum atomic E-state index is -0.502. The van der Waals surface area contributed by atoms with Gasteiger partial charge >= 0.3 is 0 Å². The van der Waals surface area contributed by atoms with Crippen molar-refractivity contribution >= 4 is 23.0 Å². The molecule has 1 aromatic heterocycles. The summed E-state index contributed by atoms with van der Waals surface area (Å²) >= 11 is 5.72. The molecule has 0 aliphatic rings. The normalized spacial score (nSPS) is 10.2. The molecule has 0 saturated heterocycles. The highest BCUT2D eigenvalue weighted by molar-refractivity contribution is 6.30. The van der Waals surface area contributed by atoms with Gasteiger partial charge in [-0.25, -0.2) is 0 Å². The molecule has 19 heavy (non-hydrogen) atoms. The predicted octanol–water partition coefficient (Wildman–Crippen LogP) is 2.96. The zero-order valence-corrected chi connectivity index (χ0v) is 10.5. The number of aromatic hydroxyl groups is 1. The van der Waals surface area contributed by atoms with Crippen molar-refractivity contribution in [2.24, 2.45) is 0 Å². The zero-order valence-electron chi connectivity index (χ0n) is 9.71. The van der Waals surface area contributed by atoms with Crippen LogP contribution in [0.4, 0.5) is 11.4 Å². The van der Waals surface area contributed by atoms with Gasteiger partial charge in [-0.1, -0.05) is 11.6 Å². The standard InChI is InChI=1S/C12H10ClN3O3/c13-8-1-4-11(12(5-8)16(18)19)15-6-9-2-3-10(17)7-14-9/h1-5,7,15,17H,6H2. The van der Waals surface area contributed by atoms with E-state index in [9.17, 15) is 10.1 Å². The van der Waals surface area contributed by atoms with Crippen LogP contribution in [0.1, 0.15) is 5.69 Å². The molecule has 0 spiro atoms. The van der Waals surface area contributed by atoms with Crippen LogP contribution in [0.5, 0.6) is 5.75 Å².